The highest BCUT2D eigenvalue weighted by molar-refractivity contribution is 5.98. The molecule has 0 fully saturated rings. The average Bonchev–Trinajstić information content (AvgIpc) is 2.84. The van der Waals surface area contributed by atoms with Crippen LogP contribution in [0.4, 0.5) is 0 Å². The third kappa shape index (κ3) is 4.18. The van der Waals surface area contributed by atoms with E-state index in [1.165, 1.54) is 0 Å². The fraction of sp³-hybridized carbons (Fsp3) is 0.500. The minimum Gasteiger partial charge on any atom is -0.329 e. The fourth-order valence-corrected chi connectivity index (χ4v) is 2.55. The molecule has 1 aromatic carbocycles. The van der Waals surface area contributed by atoms with E-state index < -0.39 is 0 Å². The number of hydrogen-bond acceptors (Lipinski definition) is 3. The molecule has 0 saturated carbocycles. The molecule has 0 aliphatic heterocycles. The van der Waals surface area contributed by atoms with Crippen molar-refractivity contribution in [3.8, 4) is 0 Å². The summed E-state index contributed by atoms with van der Waals surface area (Å²) < 4.78 is 2.13. The van der Waals surface area contributed by atoms with Crippen LogP contribution in [-0.2, 0) is 6.54 Å². The van der Waals surface area contributed by atoms with E-state index in [1.807, 2.05) is 32.0 Å². The van der Waals surface area contributed by atoms with Gasteiger partial charge in [-0.3, -0.25) is 4.79 Å². The van der Waals surface area contributed by atoms with Crippen LogP contribution >= 0.6 is 0 Å². The predicted octanol–water partition coefficient (Wildman–Crippen LogP) is 3.91. The second kappa shape index (κ2) is 7.40. The van der Waals surface area contributed by atoms with Crippen LogP contribution in [0.2, 0.25) is 0 Å². The lowest BCUT2D eigenvalue weighted by molar-refractivity contribution is 0.0955. The van der Waals surface area contributed by atoms with Crippen LogP contribution < -0.4 is 5.43 Å². The minimum absolute atomic E-state index is 0.195. The van der Waals surface area contributed by atoms with Gasteiger partial charge in [-0.25, -0.2) is 10.4 Å². The Morgan fingerprint density at radius 1 is 1.39 bits per heavy atom. The van der Waals surface area contributed by atoms with Crippen LogP contribution in [0.15, 0.2) is 23.3 Å². The molecule has 0 atom stereocenters. The third-order valence-corrected chi connectivity index (χ3v) is 3.95. The van der Waals surface area contributed by atoms with E-state index >= 15 is 0 Å². The summed E-state index contributed by atoms with van der Waals surface area (Å²) in [6.45, 7) is 11.2. The SMILES string of the molecule is CCn1c(C)nc2cc(C(=O)NN=C(C)CCC(C)C)ccc21. The van der Waals surface area contributed by atoms with Crippen molar-refractivity contribution in [2.75, 3.05) is 0 Å². The summed E-state index contributed by atoms with van der Waals surface area (Å²) in [5, 5.41) is 4.18. The van der Waals surface area contributed by atoms with Crippen molar-refractivity contribution in [1.82, 2.24) is 15.0 Å². The topological polar surface area (TPSA) is 59.3 Å². The fourth-order valence-electron chi connectivity index (χ4n) is 2.55. The van der Waals surface area contributed by atoms with Gasteiger partial charge < -0.3 is 4.57 Å². The molecule has 5 nitrogen and oxygen atoms in total. The van der Waals surface area contributed by atoms with Crippen LogP contribution in [0.3, 0.4) is 0 Å². The quantitative estimate of drug-likeness (QED) is 0.649. The van der Waals surface area contributed by atoms with Gasteiger partial charge in [-0.15, -0.1) is 0 Å². The Hall–Kier alpha value is -2.17. The number of fused-ring (bicyclic) bond motifs is 1. The number of aromatic nitrogens is 2. The smallest absolute Gasteiger partial charge is 0.271 e. The van der Waals surface area contributed by atoms with E-state index in [0.717, 1.165) is 42.0 Å². The second-order valence-electron chi connectivity index (χ2n) is 6.33. The third-order valence-electron chi connectivity index (χ3n) is 3.95. The first-order valence-corrected chi connectivity index (χ1v) is 8.22. The number of rotatable bonds is 6. The molecule has 1 amide bonds. The highest BCUT2D eigenvalue weighted by Crippen LogP contribution is 2.17. The Morgan fingerprint density at radius 3 is 2.78 bits per heavy atom. The van der Waals surface area contributed by atoms with Gasteiger partial charge in [-0.1, -0.05) is 13.8 Å². The molecule has 124 valence electrons. The molecular formula is C18H26N4O. The Balaban J connectivity index is 2.11. The van der Waals surface area contributed by atoms with Gasteiger partial charge in [0.15, 0.2) is 0 Å². The number of nitrogens with one attached hydrogen (secondary N) is 1. The maximum absolute atomic E-state index is 12.2. The largest absolute Gasteiger partial charge is 0.329 e. The monoisotopic (exact) mass is 314 g/mol. The van der Waals surface area contributed by atoms with E-state index in [4.69, 9.17) is 0 Å². The van der Waals surface area contributed by atoms with E-state index in [2.05, 4.69) is 40.8 Å². The van der Waals surface area contributed by atoms with E-state index in [0.29, 0.717) is 11.5 Å². The van der Waals surface area contributed by atoms with Gasteiger partial charge in [-0.05, 0) is 57.7 Å². The molecule has 0 radical (unpaired) electrons. The molecule has 2 rings (SSSR count). The zero-order valence-corrected chi connectivity index (χ0v) is 14.7. The summed E-state index contributed by atoms with van der Waals surface area (Å²) >= 11 is 0. The maximum atomic E-state index is 12.2. The van der Waals surface area contributed by atoms with Crippen molar-refractivity contribution in [2.24, 2.45) is 11.0 Å². The van der Waals surface area contributed by atoms with Crippen LogP contribution in [0.1, 0.15) is 56.7 Å². The lowest BCUT2D eigenvalue weighted by Gasteiger charge is -2.05. The van der Waals surface area contributed by atoms with Crippen LogP contribution in [0.25, 0.3) is 11.0 Å². The van der Waals surface area contributed by atoms with Crippen LogP contribution in [0, 0.1) is 12.8 Å². The summed E-state index contributed by atoms with van der Waals surface area (Å²) in [4.78, 5) is 16.8. The maximum Gasteiger partial charge on any atom is 0.271 e. The molecule has 5 heteroatoms. The van der Waals surface area contributed by atoms with Gasteiger partial charge >= 0.3 is 0 Å². The summed E-state index contributed by atoms with van der Waals surface area (Å²) in [6.07, 6.45) is 1.97. The van der Waals surface area contributed by atoms with Crippen LogP contribution in [-0.4, -0.2) is 21.2 Å². The van der Waals surface area contributed by atoms with E-state index in [9.17, 15) is 4.79 Å². The number of amides is 1. The first-order valence-electron chi connectivity index (χ1n) is 8.22. The molecule has 0 bridgehead atoms. The molecule has 0 spiro atoms. The number of aryl methyl sites for hydroxylation is 2. The van der Waals surface area contributed by atoms with Gasteiger partial charge in [0.25, 0.3) is 5.91 Å². The summed E-state index contributed by atoms with van der Waals surface area (Å²) in [7, 11) is 0. The molecular weight excluding hydrogens is 288 g/mol. The molecule has 0 unspecified atom stereocenters. The van der Waals surface area contributed by atoms with Crippen molar-refractivity contribution < 1.29 is 4.79 Å². The zero-order chi connectivity index (χ0) is 17.0. The summed E-state index contributed by atoms with van der Waals surface area (Å²) in [5.41, 5.74) is 6.06. The van der Waals surface area contributed by atoms with Crippen molar-refractivity contribution in [2.45, 2.75) is 54.0 Å². The van der Waals surface area contributed by atoms with Crippen molar-refractivity contribution >= 4 is 22.7 Å². The molecule has 0 aliphatic carbocycles. The van der Waals surface area contributed by atoms with Crippen molar-refractivity contribution in [1.29, 1.82) is 0 Å². The van der Waals surface area contributed by atoms with Crippen molar-refractivity contribution in [3.63, 3.8) is 0 Å². The lowest BCUT2D eigenvalue weighted by Crippen LogP contribution is -2.19. The Labute approximate surface area is 137 Å². The molecule has 0 aliphatic rings. The number of imidazole rings is 1. The molecule has 1 heterocycles. The first kappa shape index (κ1) is 17.2. The molecule has 2 aromatic rings. The first-order chi connectivity index (χ1) is 10.9. The number of hydrogen-bond donors (Lipinski definition) is 1. The van der Waals surface area contributed by atoms with E-state index in [-0.39, 0.29) is 5.91 Å². The van der Waals surface area contributed by atoms with E-state index in [1.54, 1.807) is 0 Å². The van der Waals surface area contributed by atoms with Gasteiger partial charge in [0.05, 0.1) is 11.0 Å². The van der Waals surface area contributed by atoms with Crippen molar-refractivity contribution in [3.05, 3.63) is 29.6 Å². The highest BCUT2D eigenvalue weighted by atomic mass is 16.2. The average molecular weight is 314 g/mol. The lowest BCUT2D eigenvalue weighted by atomic mass is 10.1. The summed E-state index contributed by atoms with van der Waals surface area (Å²) in [6, 6.07) is 5.59. The second-order valence-corrected chi connectivity index (χ2v) is 6.33. The Kier molecular flexibility index (Phi) is 5.53. The van der Waals surface area contributed by atoms with Gasteiger partial charge in [0.2, 0.25) is 0 Å². The Bertz CT molecular complexity index is 728. The number of carbonyl (C=O) groups is 1. The minimum atomic E-state index is -0.195. The zero-order valence-electron chi connectivity index (χ0n) is 14.7. The molecule has 0 saturated heterocycles. The summed E-state index contributed by atoms with van der Waals surface area (Å²) in [5.74, 6) is 1.40. The standard InChI is InChI=1S/C18H26N4O/c1-6-22-14(5)19-16-11-15(9-10-17(16)22)18(23)21-20-13(4)8-7-12(2)3/h9-12H,6-8H2,1-5H3,(H,21,23). The number of nitrogens with zero attached hydrogens (tertiary/aromatic N) is 3. The molecule has 1 aromatic heterocycles. The molecule has 23 heavy (non-hydrogen) atoms. The number of benzene rings is 1. The van der Waals surface area contributed by atoms with Gasteiger partial charge in [-0.2, -0.15) is 5.10 Å². The number of carbonyl (C=O) groups excluding carboxylic acids is 1. The Morgan fingerprint density at radius 2 is 2.13 bits per heavy atom. The van der Waals surface area contributed by atoms with Gasteiger partial charge in [0, 0.05) is 17.8 Å². The van der Waals surface area contributed by atoms with Crippen LogP contribution in [0.5, 0.6) is 0 Å². The highest BCUT2D eigenvalue weighted by Gasteiger charge is 2.10. The predicted molar refractivity (Wildman–Crippen MR) is 94.8 cm³/mol. The van der Waals surface area contributed by atoms with Gasteiger partial charge in [0.1, 0.15) is 5.82 Å². The normalized spacial score (nSPS) is 12.2. The number of hydrazone groups is 1. The molecule has 1 N–H and O–H groups in total.